The van der Waals surface area contributed by atoms with Gasteiger partial charge >= 0.3 is 0 Å². The molecule has 0 atom stereocenters. The number of aliphatic imine (C=N–C) groups is 3. The average Bonchev–Trinajstić information content (AvgIpc) is 2.78. The number of rotatable bonds is 1. The molecule has 0 aromatic heterocycles. The number of amides is 1. The van der Waals surface area contributed by atoms with E-state index in [2.05, 4.69) is 15.0 Å². The van der Waals surface area contributed by atoms with Crippen LogP contribution in [0, 0.1) is 0 Å². The van der Waals surface area contributed by atoms with Gasteiger partial charge in [0.15, 0.2) is 11.7 Å². The molecule has 0 fully saturated rings. The van der Waals surface area contributed by atoms with Crippen molar-refractivity contribution >= 4 is 35.4 Å². The third-order valence-electron chi connectivity index (χ3n) is 2.43. The van der Waals surface area contributed by atoms with Crippen molar-refractivity contribution in [1.29, 1.82) is 0 Å². The van der Waals surface area contributed by atoms with Gasteiger partial charge in [0, 0.05) is 16.8 Å². The van der Waals surface area contributed by atoms with Crippen LogP contribution in [0.15, 0.2) is 50.9 Å². The molecule has 0 saturated heterocycles. The minimum absolute atomic E-state index is 0.308. The number of carbonyl (C=O) groups is 1. The van der Waals surface area contributed by atoms with E-state index in [0.717, 1.165) is 5.56 Å². The van der Waals surface area contributed by atoms with Gasteiger partial charge in [-0.3, -0.25) is 4.79 Å². The lowest BCUT2D eigenvalue weighted by Crippen LogP contribution is -2.17. The van der Waals surface area contributed by atoms with Gasteiger partial charge < -0.3 is 0 Å². The van der Waals surface area contributed by atoms with Crippen molar-refractivity contribution in [3.8, 4) is 0 Å². The van der Waals surface area contributed by atoms with E-state index in [-0.39, 0.29) is 5.91 Å². The molecule has 82 valence electrons. The van der Waals surface area contributed by atoms with E-state index in [1.165, 1.54) is 0 Å². The van der Waals surface area contributed by atoms with Crippen LogP contribution in [-0.4, -0.2) is 23.8 Å². The molecule has 0 saturated carbocycles. The molecule has 3 rings (SSSR count). The highest BCUT2D eigenvalue weighted by Crippen LogP contribution is 2.17. The summed E-state index contributed by atoms with van der Waals surface area (Å²) in [5.74, 6) is 0.491. The van der Waals surface area contributed by atoms with Crippen LogP contribution in [0.2, 0.25) is 5.02 Å². The lowest BCUT2D eigenvalue weighted by molar-refractivity contribution is -0.113. The zero-order valence-corrected chi connectivity index (χ0v) is 9.35. The maximum Gasteiger partial charge on any atom is 0.282 e. The summed E-state index contributed by atoms with van der Waals surface area (Å²) < 4.78 is 0. The minimum atomic E-state index is -0.308. The van der Waals surface area contributed by atoms with Crippen LogP contribution in [0.1, 0.15) is 5.56 Å². The van der Waals surface area contributed by atoms with E-state index in [9.17, 15) is 4.79 Å². The maximum atomic E-state index is 11.7. The van der Waals surface area contributed by atoms with Gasteiger partial charge in [0.25, 0.3) is 5.91 Å². The van der Waals surface area contributed by atoms with Gasteiger partial charge in [-0.1, -0.05) is 11.6 Å². The van der Waals surface area contributed by atoms with E-state index in [4.69, 9.17) is 11.6 Å². The third-order valence-corrected chi connectivity index (χ3v) is 2.68. The van der Waals surface area contributed by atoms with Crippen molar-refractivity contribution in [3.05, 3.63) is 46.5 Å². The standard InChI is InChI=1S/C12H6ClN3O/c13-8-3-1-7(2-4-8)10-15-11-9(5-6-14-11)12(17)16-10/h1-6H. The first-order chi connectivity index (χ1) is 8.24. The van der Waals surface area contributed by atoms with Crippen LogP contribution < -0.4 is 0 Å². The SMILES string of the molecule is O=C1N=C(c2ccc(Cl)cc2)N=C2N=CC=C12. The second-order valence-corrected chi connectivity index (χ2v) is 3.98. The molecule has 0 aliphatic carbocycles. The summed E-state index contributed by atoms with van der Waals surface area (Å²) in [4.78, 5) is 23.8. The fourth-order valence-electron chi connectivity index (χ4n) is 1.59. The van der Waals surface area contributed by atoms with Crippen molar-refractivity contribution in [3.63, 3.8) is 0 Å². The highest BCUT2D eigenvalue weighted by atomic mass is 35.5. The lowest BCUT2D eigenvalue weighted by atomic mass is 10.1. The molecule has 0 unspecified atom stereocenters. The van der Waals surface area contributed by atoms with Gasteiger partial charge in [-0.25, -0.2) is 9.98 Å². The summed E-state index contributed by atoms with van der Waals surface area (Å²) in [7, 11) is 0. The van der Waals surface area contributed by atoms with Crippen molar-refractivity contribution < 1.29 is 4.79 Å². The number of amidine groups is 2. The Morgan fingerprint density at radius 2 is 1.76 bits per heavy atom. The topological polar surface area (TPSA) is 54.1 Å². The predicted octanol–water partition coefficient (Wildman–Crippen LogP) is 2.04. The Balaban J connectivity index is 2.05. The number of fused-ring (bicyclic) bond motifs is 1. The van der Waals surface area contributed by atoms with Gasteiger partial charge in [-0.15, -0.1) is 0 Å². The van der Waals surface area contributed by atoms with Crippen molar-refractivity contribution in [2.75, 3.05) is 0 Å². The van der Waals surface area contributed by atoms with Crippen LogP contribution in [0.5, 0.6) is 0 Å². The molecule has 2 heterocycles. The third kappa shape index (κ3) is 1.72. The summed E-state index contributed by atoms with van der Waals surface area (Å²) in [6, 6.07) is 7.00. The molecular formula is C12H6ClN3O. The van der Waals surface area contributed by atoms with Crippen LogP contribution in [-0.2, 0) is 4.79 Å². The summed E-state index contributed by atoms with van der Waals surface area (Å²) >= 11 is 5.79. The molecule has 5 heteroatoms. The molecule has 1 amide bonds. The fourth-order valence-corrected chi connectivity index (χ4v) is 1.72. The molecule has 0 radical (unpaired) electrons. The molecule has 4 nitrogen and oxygen atoms in total. The number of hydrogen-bond acceptors (Lipinski definition) is 3. The quantitative estimate of drug-likeness (QED) is 0.745. The summed E-state index contributed by atoms with van der Waals surface area (Å²) in [6.07, 6.45) is 3.16. The second kappa shape index (κ2) is 3.75. The summed E-state index contributed by atoms with van der Waals surface area (Å²) in [5, 5.41) is 0.628. The molecule has 2 aliphatic rings. The highest BCUT2D eigenvalue weighted by molar-refractivity contribution is 6.35. The molecule has 2 aliphatic heterocycles. The molecule has 0 N–H and O–H groups in total. The second-order valence-electron chi connectivity index (χ2n) is 3.54. The van der Waals surface area contributed by atoms with E-state index in [0.29, 0.717) is 22.3 Å². The predicted molar refractivity (Wildman–Crippen MR) is 67.0 cm³/mol. The van der Waals surface area contributed by atoms with Gasteiger partial charge in [0.1, 0.15) is 0 Å². The zero-order chi connectivity index (χ0) is 11.8. The van der Waals surface area contributed by atoms with E-state index in [1.807, 2.05) is 0 Å². The first kappa shape index (κ1) is 10.1. The smallest absolute Gasteiger partial charge is 0.267 e. The van der Waals surface area contributed by atoms with Crippen LogP contribution in [0.25, 0.3) is 0 Å². The number of benzene rings is 1. The molecule has 0 spiro atoms. The van der Waals surface area contributed by atoms with Gasteiger partial charge in [0.05, 0.1) is 5.57 Å². The van der Waals surface area contributed by atoms with Crippen molar-refractivity contribution in [2.24, 2.45) is 15.0 Å². The first-order valence-corrected chi connectivity index (χ1v) is 5.34. The van der Waals surface area contributed by atoms with Gasteiger partial charge in [0.2, 0.25) is 0 Å². The minimum Gasteiger partial charge on any atom is -0.267 e. The van der Waals surface area contributed by atoms with E-state index < -0.39 is 0 Å². The largest absolute Gasteiger partial charge is 0.282 e. The van der Waals surface area contributed by atoms with Crippen molar-refractivity contribution in [2.45, 2.75) is 0 Å². The monoisotopic (exact) mass is 243 g/mol. The molecule has 1 aromatic carbocycles. The molecular weight excluding hydrogens is 238 g/mol. The maximum absolute atomic E-state index is 11.7. The molecule has 1 aromatic rings. The Morgan fingerprint density at radius 1 is 1.00 bits per heavy atom. The van der Waals surface area contributed by atoms with Gasteiger partial charge in [-0.2, -0.15) is 4.99 Å². The van der Waals surface area contributed by atoms with Crippen LogP contribution in [0.4, 0.5) is 0 Å². The van der Waals surface area contributed by atoms with E-state index >= 15 is 0 Å². The Bertz CT molecular complexity index is 624. The Kier molecular flexibility index (Phi) is 2.23. The van der Waals surface area contributed by atoms with Crippen molar-refractivity contribution in [1.82, 2.24) is 0 Å². The molecule has 17 heavy (non-hydrogen) atoms. The Morgan fingerprint density at radius 3 is 2.53 bits per heavy atom. The lowest BCUT2D eigenvalue weighted by Gasteiger charge is -2.08. The summed E-state index contributed by atoms with van der Waals surface area (Å²) in [5.41, 5.74) is 1.19. The van der Waals surface area contributed by atoms with Crippen LogP contribution >= 0.6 is 11.6 Å². The Hall–Kier alpha value is -2.07. The average molecular weight is 244 g/mol. The number of nitrogens with zero attached hydrogens (tertiary/aromatic N) is 3. The fraction of sp³-hybridized carbons (Fsp3) is 0. The number of carbonyl (C=O) groups excluding carboxylic acids is 1. The highest BCUT2D eigenvalue weighted by Gasteiger charge is 2.24. The Labute approximate surface area is 102 Å². The number of hydrogen-bond donors (Lipinski definition) is 0. The summed E-state index contributed by atoms with van der Waals surface area (Å²) in [6.45, 7) is 0. The van der Waals surface area contributed by atoms with Gasteiger partial charge in [-0.05, 0) is 30.3 Å². The van der Waals surface area contributed by atoms with E-state index in [1.54, 1.807) is 36.6 Å². The zero-order valence-electron chi connectivity index (χ0n) is 8.59. The molecule has 0 bridgehead atoms. The normalized spacial score (nSPS) is 17.5. The number of allylic oxidation sites excluding steroid dienone is 1. The van der Waals surface area contributed by atoms with Crippen LogP contribution in [0.3, 0.4) is 0 Å². The number of halogens is 1. The first-order valence-electron chi connectivity index (χ1n) is 4.96.